The van der Waals surface area contributed by atoms with Crippen LogP contribution in [0.3, 0.4) is 0 Å². The Bertz CT molecular complexity index is 921. The fourth-order valence-electron chi connectivity index (χ4n) is 3.28. The Labute approximate surface area is 160 Å². The number of hydrogen-bond donors (Lipinski definition) is 1. The lowest BCUT2D eigenvalue weighted by molar-refractivity contribution is 0.0946. The first-order valence-electron chi connectivity index (χ1n) is 9.20. The minimum atomic E-state index is -2.95. The second kappa shape index (κ2) is 8.13. The van der Waals surface area contributed by atoms with E-state index in [4.69, 9.17) is 4.74 Å². The van der Waals surface area contributed by atoms with Crippen molar-refractivity contribution in [1.29, 1.82) is 0 Å². The highest BCUT2D eigenvalue weighted by atomic mass is 32.2. The molecule has 0 spiro atoms. The first-order valence-corrected chi connectivity index (χ1v) is 11.0. The second-order valence-electron chi connectivity index (χ2n) is 7.27. The van der Waals surface area contributed by atoms with Crippen LogP contribution in [0.25, 0.3) is 0 Å². The Kier molecular flexibility index (Phi) is 5.85. The van der Waals surface area contributed by atoms with E-state index in [1.54, 1.807) is 18.2 Å². The summed E-state index contributed by atoms with van der Waals surface area (Å²) in [6.07, 6.45) is 0.600. The molecule has 0 saturated carbocycles. The monoisotopic (exact) mass is 387 g/mol. The lowest BCUT2D eigenvalue weighted by Gasteiger charge is -2.16. The van der Waals surface area contributed by atoms with Crippen LogP contribution < -0.4 is 10.1 Å². The Morgan fingerprint density at radius 2 is 1.78 bits per heavy atom. The van der Waals surface area contributed by atoms with E-state index in [0.29, 0.717) is 30.2 Å². The maximum atomic E-state index is 12.7. The number of carbonyl (C=O) groups excluding carboxylic acids is 1. The number of amides is 1. The van der Waals surface area contributed by atoms with Crippen LogP contribution in [0.15, 0.2) is 48.5 Å². The largest absolute Gasteiger partial charge is 0.456 e. The first kappa shape index (κ1) is 19.4. The molecule has 2 aromatic carbocycles. The van der Waals surface area contributed by atoms with Crippen molar-refractivity contribution < 1.29 is 17.9 Å². The summed E-state index contributed by atoms with van der Waals surface area (Å²) in [5.74, 6) is 1.60. The first-order chi connectivity index (χ1) is 12.9. The minimum Gasteiger partial charge on any atom is -0.456 e. The van der Waals surface area contributed by atoms with Gasteiger partial charge in [0.2, 0.25) is 0 Å². The van der Waals surface area contributed by atoms with E-state index in [0.717, 1.165) is 11.3 Å². The van der Waals surface area contributed by atoms with Crippen LogP contribution in [0.2, 0.25) is 0 Å². The zero-order valence-electron chi connectivity index (χ0n) is 15.6. The van der Waals surface area contributed by atoms with Crippen LogP contribution in [-0.4, -0.2) is 32.4 Å². The van der Waals surface area contributed by atoms with E-state index in [9.17, 15) is 13.2 Å². The molecule has 0 bridgehead atoms. The second-order valence-corrected chi connectivity index (χ2v) is 9.50. The molecule has 1 aliphatic rings. The van der Waals surface area contributed by atoms with Crippen molar-refractivity contribution in [3.8, 4) is 11.5 Å². The smallest absolute Gasteiger partial charge is 0.255 e. The van der Waals surface area contributed by atoms with E-state index in [1.807, 2.05) is 30.3 Å². The van der Waals surface area contributed by atoms with Crippen LogP contribution in [0.5, 0.6) is 11.5 Å². The lowest BCUT2D eigenvalue weighted by Crippen LogP contribution is -2.30. The molecule has 1 heterocycles. The number of ether oxygens (including phenoxy) is 1. The number of hydrogen-bond acceptors (Lipinski definition) is 4. The zero-order valence-corrected chi connectivity index (χ0v) is 16.5. The van der Waals surface area contributed by atoms with Gasteiger partial charge in [-0.3, -0.25) is 4.79 Å². The Hall–Kier alpha value is -2.34. The van der Waals surface area contributed by atoms with Crippen LogP contribution >= 0.6 is 0 Å². The summed E-state index contributed by atoms with van der Waals surface area (Å²) in [6, 6.07) is 14.9. The molecule has 144 valence electrons. The van der Waals surface area contributed by atoms with Crippen molar-refractivity contribution in [2.75, 3.05) is 18.1 Å². The fraction of sp³-hybridized carbons (Fsp3) is 0.381. The van der Waals surface area contributed by atoms with Crippen LogP contribution in [0, 0.1) is 5.92 Å². The number of nitrogens with one attached hydrogen (secondary N) is 1. The van der Waals surface area contributed by atoms with E-state index in [-0.39, 0.29) is 23.3 Å². The molecule has 0 aromatic heterocycles. The molecule has 1 aliphatic heterocycles. The van der Waals surface area contributed by atoms with Crippen LogP contribution in [0.4, 0.5) is 0 Å². The van der Waals surface area contributed by atoms with Gasteiger partial charge in [0.25, 0.3) is 5.91 Å². The molecule has 6 heteroatoms. The maximum Gasteiger partial charge on any atom is 0.255 e. The van der Waals surface area contributed by atoms with Gasteiger partial charge < -0.3 is 10.1 Å². The Balaban J connectivity index is 1.73. The summed E-state index contributed by atoms with van der Waals surface area (Å²) >= 11 is 0. The predicted molar refractivity (Wildman–Crippen MR) is 106 cm³/mol. The normalized spacial score (nSPS) is 18.4. The van der Waals surface area contributed by atoms with Gasteiger partial charge in [-0.2, -0.15) is 0 Å². The van der Waals surface area contributed by atoms with Crippen molar-refractivity contribution >= 4 is 15.7 Å². The molecular weight excluding hydrogens is 362 g/mol. The van der Waals surface area contributed by atoms with E-state index in [1.165, 1.54) is 0 Å². The van der Waals surface area contributed by atoms with Crippen molar-refractivity contribution in [2.45, 2.75) is 26.2 Å². The number of benzene rings is 2. The topological polar surface area (TPSA) is 72.5 Å². The summed E-state index contributed by atoms with van der Waals surface area (Å²) in [5.41, 5.74) is 1.51. The van der Waals surface area contributed by atoms with Crippen LogP contribution in [-0.2, 0) is 9.84 Å². The highest BCUT2D eigenvalue weighted by molar-refractivity contribution is 7.91. The van der Waals surface area contributed by atoms with Gasteiger partial charge in [-0.1, -0.05) is 44.2 Å². The average Bonchev–Trinajstić information content (AvgIpc) is 2.99. The average molecular weight is 388 g/mol. The molecule has 2 aromatic rings. The van der Waals surface area contributed by atoms with Gasteiger partial charge >= 0.3 is 0 Å². The molecular formula is C21H25NO4S. The summed E-state index contributed by atoms with van der Waals surface area (Å²) in [4.78, 5) is 12.7. The van der Waals surface area contributed by atoms with Gasteiger partial charge in [-0.05, 0) is 42.0 Å². The zero-order chi connectivity index (χ0) is 19.4. The molecule has 1 atom stereocenters. The minimum absolute atomic E-state index is 0.0197. The molecule has 1 fully saturated rings. The third-order valence-electron chi connectivity index (χ3n) is 4.77. The summed E-state index contributed by atoms with van der Waals surface area (Å²) in [5, 5.41) is 2.86. The Morgan fingerprint density at radius 1 is 1.11 bits per heavy atom. The molecule has 5 nitrogen and oxygen atoms in total. The van der Waals surface area contributed by atoms with Gasteiger partial charge in [0.15, 0.2) is 9.84 Å². The number of sulfone groups is 1. The molecule has 0 aliphatic carbocycles. The van der Waals surface area contributed by atoms with Crippen molar-refractivity contribution in [1.82, 2.24) is 5.32 Å². The number of rotatable bonds is 6. The van der Waals surface area contributed by atoms with Crippen LogP contribution in [0.1, 0.15) is 42.1 Å². The molecule has 27 heavy (non-hydrogen) atoms. The maximum absolute atomic E-state index is 12.7. The van der Waals surface area contributed by atoms with E-state index in [2.05, 4.69) is 19.2 Å². The molecule has 1 N–H and O–H groups in total. The third kappa shape index (κ3) is 4.89. The molecule has 1 saturated heterocycles. The van der Waals surface area contributed by atoms with E-state index < -0.39 is 9.84 Å². The van der Waals surface area contributed by atoms with Crippen molar-refractivity contribution in [3.05, 3.63) is 59.7 Å². The summed E-state index contributed by atoms with van der Waals surface area (Å²) in [6.45, 7) is 4.54. The quantitative estimate of drug-likeness (QED) is 0.819. The molecule has 1 amide bonds. The third-order valence-corrected chi connectivity index (χ3v) is 6.61. The lowest BCUT2D eigenvalue weighted by atomic mass is 10.0. The van der Waals surface area contributed by atoms with Gasteiger partial charge in [0.1, 0.15) is 11.5 Å². The highest BCUT2D eigenvalue weighted by Crippen LogP contribution is 2.32. The molecule has 0 radical (unpaired) electrons. The van der Waals surface area contributed by atoms with Gasteiger partial charge in [0.05, 0.1) is 17.1 Å². The van der Waals surface area contributed by atoms with Crippen molar-refractivity contribution in [3.63, 3.8) is 0 Å². The highest BCUT2D eigenvalue weighted by Gasteiger charge is 2.28. The summed E-state index contributed by atoms with van der Waals surface area (Å²) < 4.78 is 29.2. The fourth-order valence-corrected chi connectivity index (χ4v) is 5.14. The summed E-state index contributed by atoms with van der Waals surface area (Å²) in [7, 11) is -2.95. The van der Waals surface area contributed by atoms with Gasteiger partial charge in [-0.15, -0.1) is 0 Å². The Morgan fingerprint density at radius 3 is 2.44 bits per heavy atom. The van der Waals surface area contributed by atoms with Crippen molar-refractivity contribution in [2.24, 2.45) is 5.92 Å². The molecule has 1 unspecified atom stereocenters. The number of carbonyl (C=O) groups is 1. The predicted octanol–water partition coefficient (Wildman–Crippen LogP) is 3.77. The van der Waals surface area contributed by atoms with Gasteiger partial charge in [-0.25, -0.2) is 8.42 Å². The molecule has 3 rings (SSSR count). The SMILES string of the molecule is CC(C)c1ccccc1Oc1ccccc1C(=O)NCC1CCS(=O)(=O)C1. The van der Waals surface area contributed by atoms with Gasteiger partial charge in [0, 0.05) is 6.54 Å². The number of para-hydroxylation sites is 2. The van der Waals surface area contributed by atoms with E-state index >= 15 is 0 Å². The standard InChI is InChI=1S/C21H25NO4S/c1-15(2)17-7-3-5-9-19(17)26-20-10-6-4-8-18(20)21(23)22-13-16-11-12-27(24,25)14-16/h3-10,15-16H,11-14H2,1-2H3,(H,22,23).